The first kappa shape index (κ1) is 12.0. The van der Waals surface area contributed by atoms with Gasteiger partial charge in [0.05, 0.1) is 12.2 Å². The lowest BCUT2D eigenvalue weighted by Crippen LogP contribution is -2.11. The maximum Gasteiger partial charge on any atom is 0.339 e. The summed E-state index contributed by atoms with van der Waals surface area (Å²) in [5.41, 5.74) is 6.61. The Morgan fingerprint density at radius 3 is 2.80 bits per heavy atom. The Morgan fingerprint density at radius 2 is 2.20 bits per heavy atom. The zero-order valence-corrected chi connectivity index (χ0v) is 10.4. The molecule has 0 aromatic heterocycles. The average molecular weight is 272 g/mol. The van der Waals surface area contributed by atoms with Gasteiger partial charge in [-0.25, -0.2) is 4.79 Å². The van der Waals surface area contributed by atoms with Crippen molar-refractivity contribution in [2.75, 3.05) is 12.3 Å². The summed E-state index contributed by atoms with van der Waals surface area (Å²) in [6.45, 7) is 4.39. The van der Waals surface area contributed by atoms with Gasteiger partial charge < -0.3 is 10.5 Å². The van der Waals surface area contributed by atoms with Crippen LogP contribution in [0.25, 0.3) is 0 Å². The van der Waals surface area contributed by atoms with E-state index in [2.05, 4.69) is 15.9 Å². The Bertz CT molecular complexity index is 364. The summed E-state index contributed by atoms with van der Waals surface area (Å²) in [6.07, 6.45) is 0. The summed E-state index contributed by atoms with van der Waals surface area (Å²) < 4.78 is 5.80. The summed E-state index contributed by atoms with van der Waals surface area (Å²) >= 11 is 3.28. The quantitative estimate of drug-likeness (QED) is 0.680. The number of carbonyl (C=O) groups is 1. The van der Waals surface area contributed by atoms with Gasteiger partial charge in [-0.3, -0.25) is 0 Å². The highest BCUT2D eigenvalue weighted by molar-refractivity contribution is 9.10. The van der Waals surface area contributed by atoms with Crippen LogP contribution >= 0.6 is 15.9 Å². The molecule has 0 amide bonds. The van der Waals surface area contributed by atoms with Gasteiger partial charge in [0, 0.05) is 10.2 Å². The lowest BCUT2D eigenvalue weighted by molar-refractivity contribution is 0.0458. The third kappa shape index (κ3) is 3.55. The molecule has 0 fully saturated rings. The van der Waals surface area contributed by atoms with Gasteiger partial charge in [-0.15, -0.1) is 0 Å². The molecule has 3 nitrogen and oxygen atoms in total. The fourth-order valence-electron chi connectivity index (χ4n) is 1.02. The fourth-order valence-corrected chi connectivity index (χ4v) is 1.43. The van der Waals surface area contributed by atoms with Crippen LogP contribution in [0.2, 0.25) is 0 Å². The molecule has 15 heavy (non-hydrogen) atoms. The smallest absolute Gasteiger partial charge is 0.339 e. The standard InChI is InChI=1S/C11H14BrNO2/c1-7(2)6-15-11(14)9-5-8(13)3-4-10(9)12/h3-5,7H,6,13H2,1-2H3. The molecule has 2 N–H and O–H groups in total. The number of carbonyl (C=O) groups excluding carboxylic acids is 1. The summed E-state index contributed by atoms with van der Waals surface area (Å²) in [4.78, 5) is 11.6. The third-order valence-electron chi connectivity index (χ3n) is 1.76. The van der Waals surface area contributed by atoms with Gasteiger partial charge in [-0.05, 0) is 40.0 Å². The largest absolute Gasteiger partial charge is 0.462 e. The van der Waals surface area contributed by atoms with Gasteiger partial charge in [-0.2, -0.15) is 0 Å². The average Bonchev–Trinajstić information content (AvgIpc) is 2.18. The van der Waals surface area contributed by atoms with Crippen LogP contribution in [-0.2, 0) is 4.74 Å². The minimum absolute atomic E-state index is 0.328. The first-order valence-corrected chi connectivity index (χ1v) is 5.52. The molecule has 1 rings (SSSR count). The zero-order chi connectivity index (χ0) is 11.4. The van der Waals surface area contributed by atoms with Gasteiger partial charge in [-0.1, -0.05) is 13.8 Å². The van der Waals surface area contributed by atoms with Crippen LogP contribution in [0, 0.1) is 5.92 Å². The minimum atomic E-state index is -0.345. The van der Waals surface area contributed by atoms with Crippen LogP contribution in [0.15, 0.2) is 22.7 Å². The molecule has 0 aliphatic carbocycles. The number of halogens is 1. The molecule has 0 atom stereocenters. The van der Waals surface area contributed by atoms with E-state index in [1.54, 1.807) is 18.2 Å². The molecule has 0 unspecified atom stereocenters. The van der Waals surface area contributed by atoms with Crippen molar-refractivity contribution < 1.29 is 9.53 Å². The highest BCUT2D eigenvalue weighted by Gasteiger charge is 2.12. The van der Waals surface area contributed by atoms with Gasteiger partial charge in [0.1, 0.15) is 0 Å². The van der Waals surface area contributed by atoms with Crippen molar-refractivity contribution in [1.82, 2.24) is 0 Å². The first-order valence-electron chi connectivity index (χ1n) is 4.73. The number of rotatable bonds is 3. The molecule has 0 saturated carbocycles. The molecule has 0 heterocycles. The van der Waals surface area contributed by atoms with Crippen molar-refractivity contribution >= 4 is 27.6 Å². The Kier molecular flexibility index (Phi) is 4.15. The Labute approximate surface area is 97.7 Å². The van der Waals surface area contributed by atoms with Gasteiger partial charge in [0.15, 0.2) is 0 Å². The lowest BCUT2D eigenvalue weighted by Gasteiger charge is -2.08. The van der Waals surface area contributed by atoms with Crippen molar-refractivity contribution in [1.29, 1.82) is 0 Å². The first-order chi connectivity index (χ1) is 7.00. The van der Waals surface area contributed by atoms with E-state index < -0.39 is 0 Å². The second-order valence-electron chi connectivity index (χ2n) is 3.73. The Hall–Kier alpha value is -1.03. The van der Waals surface area contributed by atoms with Crippen LogP contribution < -0.4 is 5.73 Å². The molecule has 0 bridgehead atoms. The molecule has 0 aliphatic heterocycles. The molecule has 0 radical (unpaired) electrons. The SMILES string of the molecule is CC(C)COC(=O)c1cc(N)ccc1Br. The van der Waals surface area contributed by atoms with E-state index >= 15 is 0 Å². The molecular weight excluding hydrogens is 258 g/mol. The summed E-state index contributed by atoms with van der Waals surface area (Å²) in [5.74, 6) is -0.0170. The molecule has 1 aromatic rings. The van der Waals surface area contributed by atoms with Crippen molar-refractivity contribution in [3.63, 3.8) is 0 Å². The highest BCUT2D eigenvalue weighted by Crippen LogP contribution is 2.20. The van der Waals surface area contributed by atoms with Gasteiger partial charge in [0.2, 0.25) is 0 Å². The van der Waals surface area contributed by atoms with Crippen molar-refractivity contribution in [3.05, 3.63) is 28.2 Å². The minimum Gasteiger partial charge on any atom is -0.462 e. The maximum absolute atomic E-state index is 11.6. The topological polar surface area (TPSA) is 52.3 Å². The van der Waals surface area contributed by atoms with Crippen molar-refractivity contribution in [3.8, 4) is 0 Å². The number of nitrogen functional groups attached to an aromatic ring is 1. The highest BCUT2D eigenvalue weighted by atomic mass is 79.9. The summed E-state index contributed by atoms with van der Waals surface area (Å²) in [7, 11) is 0. The lowest BCUT2D eigenvalue weighted by atomic mass is 10.2. The fraction of sp³-hybridized carbons (Fsp3) is 0.364. The second kappa shape index (κ2) is 5.16. The summed E-state index contributed by atoms with van der Waals surface area (Å²) in [5, 5.41) is 0. The Morgan fingerprint density at radius 1 is 1.53 bits per heavy atom. The van der Waals surface area contributed by atoms with E-state index in [0.29, 0.717) is 28.2 Å². The number of anilines is 1. The van der Waals surface area contributed by atoms with Crippen LogP contribution in [0.4, 0.5) is 5.69 Å². The number of hydrogen-bond donors (Lipinski definition) is 1. The van der Waals surface area contributed by atoms with Gasteiger partial charge >= 0.3 is 5.97 Å². The van der Waals surface area contributed by atoms with E-state index in [1.807, 2.05) is 13.8 Å². The number of benzene rings is 1. The molecule has 0 spiro atoms. The predicted molar refractivity (Wildman–Crippen MR) is 63.7 cm³/mol. The van der Waals surface area contributed by atoms with Crippen LogP contribution in [0.5, 0.6) is 0 Å². The van der Waals surface area contributed by atoms with Crippen LogP contribution in [-0.4, -0.2) is 12.6 Å². The third-order valence-corrected chi connectivity index (χ3v) is 2.45. The predicted octanol–water partition coefficient (Wildman–Crippen LogP) is 2.84. The normalized spacial score (nSPS) is 10.4. The molecule has 4 heteroatoms. The zero-order valence-electron chi connectivity index (χ0n) is 8.79. The van der Waals surface area contributed by atoms with Crippen LogP contribution in [0.3, 0.4) is 0 Å². The van der Waals surface area contributed by atoms with Crippen molar-refractivity contribution in [2.45, 2.75) is 13.8 Å². The second-order valence-corrected chi connectivity index (χ2v) is 4.59. The molecule has 82 valence electrons. The van der Waals surface area contributed by atoms with E-state index in [-0.39, 0.29) is 5.97 Å². The number of nitrogens with two attached hydrogens (primary N) is 1. The van der Waals surface area contributed by atoms with Gasteiger partial charge in [0.25, 0.3) is 0 Å². The molecule has 1 aromatic carbocycles. The van der Waals surface area contributed by atoms with E-state index in [1.165, 1.54) is 0 Å². The molecular formula is C11H14BrNO2. The Balaban J connectivity index is 2.77. The van der Waals surface area contributed by atoms with E-state index in [9.17, 15) is 4.79 Å². The van der Waals surface area contributed by atoms with Crippen molar-refractivity contribution in [2.24, 2.45) is 5.92 Å². The molecule has 0 aliphatic rings. The van der Waals surface area contributed by atoms with E-state index in [0.717, 1.165) is 0 Å². The number of ether oxygens (including phenoxy) is 1. The maximum atomic E-state index is 11.6. The monoisotopic (exact) mass is 271 g/mol. The van der Waals surface area contributed by atoms with Crippen LogP contribution in [0.1, 0.15) is 24.2 Å². The number of hydrogen-bond acceptors (Lipinski definition) is 3. The summed E-state index contributed by atoms with van der Waals surface area (Å²) in [6, 6.07) is 5.07. The van der Waals surface area contributed by atoms with E-state index in [4.69, 9.17) is 10.5 Å². The molecule has 0 saturated heterocycles. The number of esters is 1.